The summed E-state index contributed by atoms with van der Waals surface area (Å²) in [6.45, 7) is 2.05. The van der Waals surface area contributed by atoms with Crippen LogP contribution in [0.5, 0.6) is 5.75 Å². The van der Waals surface area contributed by atoms with Gasteiger partial charge in [0.25, 0.3) is 0 Å². The summed E-state index contributed by atoms with van der Waals surface area (Å²) in [5, 5.41) is 2.71. The van der Waals surface area contributed by atoms with E-state index in [9.17, 15) is 9.59 Å². The first-order chi connectivity index (χ1) is 9.06. The van der Waals surface area contributed by atoms with Crippen LogP contribution in [0.4, 0.5) is 5.69 Å². The molecule has 1 rings (SSSR count). The normalized spacial score (nSPS) is 9.84. The predicted octanol–water partition coefficient (Wildman–Crippen LogP) is 2.74. The largest absolute Gasteiger partial charge is 0.497 e. The Hall–Kier alpha value is -1.56. The summed E-state index contributed by atoms with van der Waals surface area (Å²) in [6.07, 6.45) is 0.156. The van der Waals surface area contributed by atoms with E-state index in [1.54, 1.807) is 32.2 Å². The van der Waals surface area contributed by atoms with Crippen molar-refractivity contribution in [2.24, 2.45) is 0 Å². The highest BCUT2D eigenvalue weighted by Crippen LogP contribution is 2.27. The summed E-state index contributed by atoms with van der Waals surface area (Å²) < 4.78 is 10.6. The number of hydrogen-bond donors (Lipinski definition) is 1. The highest BCUT2D eigenvalue weighted by atomic mass is 79.9. The molecule has 0 unspecified atom stereocenters. The molecule has 1 amide bonds. The minimum Gasteiger partial charge on any atom is -0.497 e. The Morgan fingerprint density at radius 3 is 2.68 bits per heavy atom. The summed E-state index contributed by atoms with van der Waals surface area (Å²) >= 11 is 3.33. The van der Waals surface area contributed by atoms with E-state index in [2.05, 4.69) is 21.2 Å². The molecule has 0 heterocycles. The van der Waals surface area contributed by atoms with Crippen molar-refractivity contribution in [3.63, 3.8) is 0 Å². The number of carbonyl (C=O) groups is 2. The van der Waals surface area contributed by atoms with E-state index < -0.39 is 0 Å². The molecule has 0 aromatic heterocycles. The zero-order valence-electron chi connectivity index (χ0n) is 10.9. The lowest BCUT2D eigenvalue weighted by Crippen LogP contribution is -2.14. The molecule has 0 fully saturated rings. The number of esters is 1. The number of hydrogen-bond acceptors (Lipinski definition) is 4. The van der Waals surface area contributed by atoms with E-state index in [1.165, 1.54) is 0 Å². The van der Waals surface area contributed by atoms with E-state index in [4.69, 9.17) is 9.47 Å². The first kappa shape index (κ1) is 15.5. The first-order valence-corrected chi connectivity index (χ1v) is 6.65. The summed E-state index contributed by atoms with van der Waals surface area (Å²) in [7, 11) is 1.55. The van der Waals surface area contributed by atoms with Crippen molar-refractivity contribution in [2.75, 3.05) is 19.0 Å². The van der Waals surface area contributed by atoms with Crippen molar-refractivity contribution in [3.05, 3.63) is 22.7 Å². The van der Waals surface area contributed by atoms with Crippen molar-refractivity contribution < 1.29 is 19.1 Å². The molecule has 0 radical (unpaired) electrons. The molecule has 6 heteroatoms. The van der Waals surface area contributed by atoms with Crippen molar-refractivity contribution >= 4 is 33.5 Å². The van der Waals surface area contributed by atoms with E-state index in [0.29, 0.717) is 18.0 Å². The van der Waals surface area contributed by atoms with Gasteiger partial charge in [0.05, 0.1) is 25.8 Å². The second-order valence-electron chi connectivity index (χ2n) is 3.70. The number of anilines is 1. The van der Waals surface area contributed by atoms with Crippen LogP contribution < -0.4 is 10.1 Å². The molecule has 0 aliphatic carbocycles. The van der Waals surface area contributed by atoms with Crippen molar-refractivity contribution in [2.45, 2.75) is 19.8 Å². The molecule has 1 N–H and O–H groups in total. The van der Waals surface area contributed by atoms with Gasteiger partial charge in [0.15, 0.2) is 0 Å². The lowest BCUT2D eigenvalue weighted by Gasteiger charge is -2.09. The van der Waals surface area contributed by atoms with Gasteiger partial charge in [-0.25, -0.2) is 0 Å². The van der Waals surface area contributed by atoms with E-state index in [-0.39, 0.29) is 24.7 Å². The van der Waals surface area contributed by atoms with E-state index in [0.717, 1.165) is 4.47 Å². The van der Waals surface area contributed by atoms with Crippen LogP contribution in [0.1, 0.15) is 19.8 Å². The molecule has 0 saturated heterocycles. The smallest absolute Gasteiger partial charge is 0.306 e. The van der Waals surface area contributed by atoms with Gasteiger partial charge in [-0.05, 0) is 35.0 Å². The molecule has 0 saturated carbocycles. The second-order valence-corrected chi connectivity index (χ2v) is 4.55. The van der Waals surface area contributed by atoms with Gasteiger partial charge < -0.3 is 14.8 Å². The lowest BCUT2D eigenvalue weighted by molar-refractivity contribution is -0.144. The molecule has 104 valence electrons. The van der Waals surface area contributed by atoms with Crippen LogP contribution in [0.15, 0.2) is 22.7 Å². The summed E-state index contributed by atoms with van der Waals surface area (Å²) in [5.41, 5.74) is 0.605. The molecule has 1 aromatic rings. The number of halogens is 1. The fourth-order valence-electron chi connectivity index (χ4n) is 1.39. The van der Waals surface area contributed by atoms with Crippen LogP contribution in [0, 0.1) is 0 Å². The lowest BCUT2D eigenvalue weighted by atomic mass is 10.2. The summed E-state index contributed by atoms with van der Waals surface area (Å²) in [6, 6.07) is 5.25. The maximum absolute atomic E-state index is 11.7. The molecule has 0 aliphatic heterocycles. The number of benzene rings is 1. The molecule has 19 heavy (non-hydrogen) atoms. The van der Waals surface area contributed by atoms with Gasteiger partial charge in [-0.2, -0.15) is 0 Å². The zero-order chi connectivity index (χ0) is 14.3. The monoisotopic (exact) mass is 329 g/mol. The average Bonchev–Trinajstić information content (AvgIpc) is 2.39. The number of amides is 1. The van der Waals surface area contributed by atoms with Gasteiger partial charge in [-0.15, -0.1) is 0 Å². The number of methoxy groups -OCH3 is 1. The molecule has 1 aromatic carbocycles. The Balaban J connectivity index is 2.54. The molecule has 0 spiro atoms. The van der Waals surface area contributed by atoms with Crippen LogP contribution >= 0.6 is 15.9 Å². The topological polar surface area (TPSA) is 64.6 Å². The van der Waals surface area contributed by atoms with E-state index in [1.807, 2.05) is 0 Å². The number of ether oxygens (including phenoxy) is 2. The van der Waals surface area contributed by atoms with Crippen LogP contribution in [-0.4, -0.2) is 25.6 Å². The Bertz CT molecular complexity index is 462. The van der Waals surface area contributed by atoms with Crippen LogP contribution in [0.2, 0.25) is 0 Å². The van der Waals surface area contributed by atoms with E-state index >= 15 is 0 Å². The zero-order valence-corrected chi connectivity index (χ0v) is 12.5. The standard InChI is InChI=1S/C13H16BrNO4/c1-3-19-13(17)7-6-12(16)15-11-8-9(18-2)4-5-10(11)14/h4-5,8H,3,6-7H2,1-2H3,(H,15,16). The van der Waals surface area contributed by atoms with Gasteiger partial charge >= 0.3 is 5.97 Å². The molecule has 0 bridgehead atoms. The molecule has 5 nitrogen and oxygen atoms in total. The Morgan fingerprint density at radius 2 is 2.05 bits per heavy atom. The quantitative estimate of drug-likeness (QED) is 0.815. The minimum atomic E-state index is -0.373. The van der Waals surface area contributed by atoms with Crippen molar-refractivity contribution in [1.29, 1.82) is 0 Å². The summed E-state index contributed by atoms with van der Waals surface area (Å²) in [5.74, 6) is 0.0215. The molecule has 0 aliphatic rings. The van der Waals surface area contributed by atoms with Gasteiger partial charge in [0.1, 0.15) is 5.75 Å². The molecular formula is C13H16BrNO4. The molecular weight excluding hydrogens is 314 g/mol. The third-order valence-corrected chi connectivity index (χ3v) is 3.00. The highest BCUT2D eigenvalue weighted by Gasteiger charge is 2.10. The predicted molar refractivity (Wildman–Crippen MR) is 75.2 cm³/mol. The van der Waals surface area contributed by atoms with Gasteiger partial charge in [-0.3, -0.25) is 9.59 Å². The van der Waals surface area contributed by atoms with Crippen LogP contribution in [0.25, 0.3) is 0 Å². The van der Waals surface area contributed by atoms with Gasteiger partial charge in [0.2, 0.25) is 5.91 Å². The van der Waals surface area contributed by atoms with Gasteiger partial charge in [-0.1, -0.05) is 0 Å². The first-order valence-electron chi connectivity index (χ1n) is 5.85. The number of carbonyl (C=O) groups excluding carboxylic acids is 2. The summed E-state index contributed by atoms with van der Waals surface area (Å²) in [4.78, 5) is 22.8. The number of rotatable bonds is 6. The fourth-order valence-corrected chi connectivity index (χ4v) is 1.73. The Morgan fingerprint density at radius 1 is 1.32 bits per heavy atom. The average molecular weight is 330 g/mol. The Labute approximate surface area is 120 Å². The maximum atomic E-state index is 11.7. The minimum absolute atomic E-state index is 0.0707. The third-order valence-electron chi connectivity index (χ3n) is 2.31. The van der Waals surface area contributed by atoms with Crippen molar-refractivity contribution in [1.82, 2.24) is 0 Å². The second kappa shape index (κ2) is 7.78. The van der Waals surface area contributed by atoms with Crippen LogP contribution in [-0.2, 0) is 14.3 Å². The SMILES string of the molecule is CCOC(=O)CCC(=O)Nc1cc(OC)ccc1Br. The fraction of sp³-hybridized carbons (Fsp3) is 0.385. The maximum Gasteiger partial charge on any atom is 0.306 e. The van der Waals surface area contributed by atoms with Gasteiger partial charge in [0, 0.05) is 17.0 Å². The van der Waals surface area contributed by atoms with Crippen LogP contribution in [0.3, 0.4) is 0 Å². The molecule has 0 atom stereocenters. The number of nitrogens with one attached hydrogen (secondary N) is 1. The van der Waals surface area contributed by atoms with Crippen molar-refractivity contribution in [3.8, 4) is 5.75 Å². The highest BCUT2D eigenvalue weighted by molar-refractivity contribution is 9.10. The Kier molecular flexibility index (Phi) is 6.35. The third kappa shape index (κ3) is 5.30.